The van der Waals surface area contributed by atoms with E-state index in [1.807, 2.05) is 0 Å². The lowest BCUT2D eigenvalue weighted by Crippen LogP contribution is -2.02. The van der Waals surface area contributed by atoms with Crippen LogP contribution >= 0.6 is 24.1 Å². The summed E-state index contributed by atoms with van der Waals surface area (Å²) in [7, 11) is 0. The van der Waals surface area contributed by atoms with Gasteiger partial charge in [-0.2, -0.15) is 0 Å². The fourth-order valence-electron chi connectivity index (χ4n) is 1.09. The van der Waals surface area contributed by atoms with Crippen molar-refractivity contribution in [1.29, 1.82) is 0 Å². The minimum absolute atomic E-state index is 0.381. The molecule has 7 heteroatoms. The van der Waals surface area contributed by atoms with Crippen LogP contribution in [0.15, 0.2) is 25.3 Å². The Balaban J connectivity index is 3.09. The quantitative estimate of drug-likeness (QED) is 0.209. The van der Waals surface area contributed by atoms with E-state index in [1.165, 1.54) is 24.1 Å². The molecule has 0 aliphatic heterocycles. The first-order chi connectivity index (χ1) is 10.2. The van der Waals surface area contributed by atoms with Crippen LogP contribution in [0.4, 0.5) is 0 Å². The smallest absolute Gasteiger partial charge is 0.330 e. The van der Waals surface area contributed by atoms with Crippen molar-refractivity contribution in [3.63, 3.8) is 0 Å². The monoisotopic (exact) mass is 334 g/mol. The topological polar surface area (TPSA) is 61.8 Å². The molecular weight excluding hydrogens is 312 g/mol. The molecule has 21 heavy (non-hydrogen) atoms. The Kier molecular flexibility index (Phi) is 14.8. The minimum Gasteiger partial charge on any atom is -0.463 e. The summed E-state index contributed by atoms with van der Waals surface area (Å²) < 4.78 is 15.0. The second-order valence-corrected chi connectivity index (χ2v) is 5.70. The van der Waals surface area contributed by atoms with E-state index in [9.17, 15) is 9.59 Å². The van der Waals surface area contributed by atoms with E-state index in [0.29, 0.717) is 13.2 Å². The number of hydrogen-bond acceptors (Lipinski definition) is 7. The normalized spacial score (nSPS) is 9.90. The van der Waals surface area contributed by atoms with Gasteiger partial charge in [-0.3, -0.25) is 0 Å². The van der Waals surface area contributed by atoms with Crippen molar-refractivity contribution in [3.8, 4) is 0 Å². The van der Waals surface area contributed by atoms with E-state index in [1.54, 1.807) is 0 Å². The Bertz CT molecular complexity index is 290. The lowest BCUT2D eigenvalue weighted by Gasteiger charge is -2.03. The van der Waals surface area contributed by atoms with Gasteiger partial charge in [0.25, 0.3) is 0 Å². The molecule has 0 saturated heterocycles. The first-order valence-corrected chi connectivity index (χ1v) is 8.52. The fourth-order valence-corrected chi connectivity index (χ4v) is 2.55. The molecule has 0 aromatic heterocycles. The summed E-state index contributed by atoms with van der Waals surface area (Å²) in [4.78, 5) is 21.5. The predicted molar refractivity (Wildman–Crippen MR) is 86.8 cm³/mol. The van der Waals surface area contributed by atoms with E-state index >= 15 is 0 Å². The van der Waals surface area contributed by atoms with Crippen LogP contribution in [0.3, 0.4) is 0 Å². The average molecular weight is 334 g/mol. The number of ether oxygens (including phenoxy) is 2. The van der Waals surface area contributed by atoms with Crippen LogP contribution in [0.25, 0.3) is 0 Å². The zero-order chi connectivity index (χ0) is 15.8. The van der Waals surface area contributed by atoms with Gasteiger partial charge in [-0.05, 0) is 25.7 Å². The van der Waals surface area contributed by atoms with Crippen LogP contribution in [0.1, 0.15) is 25.7 Å². The van der Waals surface area contributed by atoms with Gasteiger partial charge in [0.05, 0.1) is 13.2 Å². The Morgan fingerprint density at radius 3 is 1.62 bits per heavy atom. The summed E-state index contributed by atoms with van der Waals surface area (Å²) in [5, 5.41) is 0. The van der Waals surface area contributed by atoms with E-state index < -0.39 is 0 Å². The molecule has 0 saturated carbocycles. The number of hydrogen-bond donors (Lipinski definition) is 0. The highest BCUT2D eigenvalue weighted by Crippen LogP contribution is 2.17. The summed E-state index contributed by atoms with van der Waals surface area (Å²) in [6.07, 6.45) is 5.80. The van der Waals surface area contributed by atoms with Gasteiger partial charge in [0.2, 0.25) is 0 Å². The molecule has 0 atom stereocenters. The Morgan fingerprint density at radius 2 is 1.24 bits per heavy atom. The zero-order valence-electron chi connectivity index (χ0n) is 12.1. The molecule has 0 radical (unpaired) electrons. The van der Waals surface area contributed by atoms with Crippen molar-refractivity contribution in [2.75, 3.05) is 24.7 Å². The molecule has 0 heterocycles. The molecule has 0 spiro atoms. The maximum absolute atomic E-state index is 10.7. The summed E-state index contributed by atoms with van der Waals surface area (Å²) in [5.74, 6) is 0.951. The second-order valence-electron chi connectivity index (χ2n) is 3.87. The van der Waals surface area contributed by atoms with Gasteiger partial charge in [0.1, 0.15) is 0 Å². The molecular formula is C14H22O5S2. The van der Waals surface area contributed by atoms with Gasteiger partial charge in [0, 0.05) is 47.7 Å². The number of carbonyl (C=O) groups is 2. The van der Waals surface area contributed by atoms with E-state index in [4.69, 9.17) is 13.1 Å². The number of rotatable bonds is 14. The SMILES string of the molecule is C=CC(=O)OCCCCSOSCCCCOC(=O)C=C. The summed E-state index contributed by atoms with van der Waals surface area (Å²) >= 11 is 2.79. The van der Waals surface area contributed by atoms with Crippen LogP contribution in [0.2, 0.25) is 0 Å². The first kappa shape index (κ1) is 20.1. The van der Waals surface area contributed by atoms with E-state index in [-0.39, 0.29) is 11.9 Å². The molecule has 0 aromatic rings. The van der Waals surface area contributed by atoms with Crippen molar-refractivity contribution in [3.05, 3.63) is 25.3 Å². The van der Waals surface area contributed by atoms with Crippen LogP contribution in [0.5, 0.6) is 0 Å². The lowest BCUT2D eigenvalue weighted by molar-refractivity contribution is -0.138. The highest BCUT2D eigenvalue weighted by Gasteiger charge is 1.98. The summed E-state index contributed by atoms with van der Waals surface area (Å²) in [5.41, 5.74) is 0. The van der Waals surface area contributed by atoms with Crippen LogP contribution < -0.4 is 0 Å². The molecule has 5 nitrogen and oxygen atoms in total. The third-order valence-corrected chi connectivity index (χ3v) is 3.84. The minimum atomic E-state index is -0.381. The van der Waals surface area contributed by atoms with Crippen molar-refractivity contribution in [1.82, 2.24) is 0 Å². The van der Waals surface area contributed by atoms with Gasteiger partial charge in [-0.25, -0.2) is 13.2 Å². The molecule has 0 aliphatic rings. The third-order valence-electron chi connectivity index (χ3n) is 2.16. The largest absolute Gasteiger partial charge is 0.463 e. The molecule has 0 amide bonds. The Hall–Kier alpha value is -0.920. The van der Waals surface area contributed by atoms with Crippen molar-refractivity contribution < 1.29 is 22.7 Å². The zero-order valence-corrected chi connectivity index (χ0v) is 13.7. The molecule has 0 bridgehead atoms. The molecule has 0 rings (SSSR count). The van der Waals surface area contributed by atoms with Crippen molar-refractivity contribution >= 4 is 36.0 Å². The van der Waals surface area contributed by atoms with Gasteiger partial charge < -0.3 is 9.47 Å². The Morgan fingerprint density at radius 1 is 0.810 bits per heavy atom. The lowest BCUT2D eigenvalue weighted by atomic mass is 10.4. The highest BCUT2D eigenvalue weighted by atomic mass is 32.2. The molecule has 120 valence electrons. The first-order valence-electron chi connectivity index (χ1n) is 6.70. The van der Waals surface area contributed by atoms with Gasteiger partial charge in [-0.15, -0.1) is 0 Å². The molecule has 0 N–H and O–H groups in total. The van der Waals surface area contributed by atoms with Crippen LogP contribution in [0, 0.1) is 0 Å². The maximum atomic E-state index is 10.7. The van der Waals surface area contributed by atoms with E-state index in [2.05, 4.69) is 13.2 Å². The van der Waals surface area contributed by atoms with Gasteiger partial charge in [-0.1, -0.05) is 13.2 Å². The highest BCUT2D eigenvalue weighted by molar-refractivity contribution is 8.07. The summed E-state index contributed by atoms with van der Waals surface area (Å²) in [6, 6.07) is 0. The number of carbonyl (C=O) groups excluding carboxylic acids is 2. The maximum Gasteiger partial charge on any atom is 0.330 e. The number of unbranched alkanes of at least 4 members (excludes halogenated alkanes) is 2. The fraction of sp³-hybridized carbons (Fsp3) is 0.571. The molecule has 0 aromatic carbocycles. The number of esters is 2. The van der Waals surface area contributed by atoms with Gasteiger partial charge >= 0.3 is 11.9 Å². The molecule has 0 unspecified atom stereocenters. The standard InChI is InChI=1S/C14H22O5S2/c1-3-13(15)17-9-5-7-11-20-19-21-12-8-6-10-18-14(16)4-2/h3-4H,1-2,5-12H2. The predicted octanol–water partition coefficient (Wildman–Crippen LogP) is 3.32. The second kappa shape index (κ2) is 15.5. The van der Waals surface area contributed by atoms with Gasteiger partial charge in [0.15, 0.2) is 0 Å². The van der Waals surface area contributed by atoms with E-state index in [0.717, 1.165) is 49.3 Å². The van der Waals surface area contributed by atoms with Crippen molar-refractivity contribution in [2.24, 2.45) is 0 Å². The molecule has 0 aliphatic carbocycles. The van der Waals surface area contributed by atoms with Crippen LogP contribution in [-0.4, -0.2) is 36.7 Å². The van der Waals surface area contributed by atoms with Crippen LogP contribution in [-0.2, 0) is 22.7 Å². The molecule has 0 fully saturated rings. The summed E-state index contributed by atoms with van der Waals surface area (Å²) in [6.45, 7) is 7.47. The third kappa shape index (κ3) is 15.3. The Labute approximate surface area is 134 Å². The van der Waals surface area contributed by atoms with Crippen molar-refractivity contribution in [2.45, 2.75) is 25.7 Å². The average Bonchev–Trinajstić information content (AvgIpc) is 2.51.